The number of ether oxygens (including phenoxy) is 2. The van der Waals surface area contributed by atoms with Crippen LogP contribution in [0.25, 0.3) is 0 Å². The quantitative estimate of drug-likeness (QED) is 0.681. The smallest absolute Gasteiger partial charge is 0.408 e. The van der Waals surface area contributed by atoms with Gasteiger partial charge in [-0.15, -0.1) is 0 Å². The molecule has 1 heterocycles. The molecule has 1 fully saturated rings. The number of nitrogens with one attached hydrogen (secondary N) is 2. The Bertz CT molecular complexity index is 608. The third-order valence-electron chi connectivity index (χ3n) is 3.99. The zero-order valence-electron chi connectivity index (χ0n) is 14.9. The van der Waals surface area contributed by atoms with E-state index in [4.69, 9.17) is 9.47 Å². The predicted octanol–water partition coefficient (Wildman–Crippen LogP) is 1.69. The number of aliphatic hydroxyl groups excluding tert-OH is 1. The highest BCUT2D eigenvalue weighted by Crippen LogP contribution is 2.12. The molecule has 7 nitrogen and oxygen atoms in total. The zero-order valence-corrected chi connectivity index (χ0v) is 14.9. The summed E-state index contributed by atoms with van der Waals surface area (Å²) < 4.78 is 23.0. The molecule has 0 aliphatic carbocycles. The summed E-state index contributed by atoms with van der Waals surface area (Å²) in [4.78, 5) is 24.5. The van der Waals surface area contributed by atoms with Crippen LogP contribution in [0.15, 0.2) is 24.3 Å². The SMILES string of the molecule is CC(C)CC(NC(=O)OCc1ccc(F)cc1)C(=O)N[C@H]1CCOC1O. The van der Waals surface area contributed by atoms with Gasteiger partial charge in [-0.25, -0.2) is 9.18 Å². The van der Waals surface area contributed by atoms with Gasteiger partial charge in [0.2, 0.25) is 5.91 Å². The Morgan fingerprint density at radius 1 is 1.35 bits per heavy atom. The van der Waals surface area contributed by atoms with Gasteiger partial charge in [-0.1, -0.05) is 26.0 Å². The van der Waals surface area contributed by atoms with E-state index in [2.05, 4.69) is 10.6 Å². The molecule has 144 valence electrons. The summed E-state index contributed by atoms with van der Waals surface area (Å²) in [5.41, 5.74) is 0.637. The van der Waals surface area contributed by atoms with Crippen molar-refractivity contribution in [1.29, 1.82) is 0 Å². The van der Waals surface area contributed by atoms with Gasteiger partial charge >= 0.3 is 6.09 Å². The first kappa shape index (κ1) is 20.1. The Balaban J connectivity index is 1.87. The number of hydrogen-bond donors (Lipinski definition) is 3. The fourth-order valence-corrected chi connectivity index (χ4v) is 2.62. The number of carbonyl (C=O) groups is 2. The molecule has 0 spiro atoms. The van der Waals surface area contributed by atoms with Crippen LogP contribution in [0.4, 0.5) is 9.18 Å². The van der Waals surface area contributed by atoms with E-state index in [0.29, 0.717) is 25.0 Å². The largest absolute Gasteiger partial charge is 0.445 e. The second-order valence-corrected chi connectivity index (χ2v) is 6.69. The number of alkyl carbamates (subject to hydrolysis) is 1. The molecular formula is C18H25FN2O5. The summed E-state index contributed by atoms with van der Waals surface area (Å²) in [5.74, 6) is -0.607. The van der Waals surface area contributed by atoms with Crippen LogP contribution >= 0.6 is 0 Å². The molecule has 0 saturated carbocycles. The van der Waals surface area contributed by atoms with E-state index in [1.54, 1.807) is 0 Å². The zero-order chi connectivity index (χ0) is 19.1. The van der Waals surface area contributed by atoms with Crippen LogP contribution in [-0.4, -0.2) is 42.1 Å². The van der Waals surface area contributed by atoms with Gasteiger partial charge in [0.15, 0.2) is 6.29 Å². The van der Waals surface area contributed by atoms with E-state index < -0.39 is 30.4 Å². The lowest BCUT2D eigenvalue weighted by molar-refractivity contribution is -0.127. The summed E-state index contributed by atoms with van der Waals surface area (Å²) in [6, 6.07) is 4.31. The van der Waals surface area contributed by atoms with Crippen molar-refractivity contribution >= 4 is 12.0 Å². The van der Waals surface area contributed by atoms with Crippen LogP contribution in [0.3, 0.4) is 0 Å². The van der Waals surface area contributed by atoms with Crippen molar-refractivity contribution in [2.75, 3.05) is 6.61 Å². The lowest BCUT2D eigenvalue weighted by Gasteiger charge is -2.23. The fraction of sp³-hybridized carbons (Fsp3) is 0.556. The molecule has 1 aliphatic rings. The van der Waals surface area contributed by atoms with Crippen molar-refractivity contribution in [3.8, 4) is 0 Å². The van der Waals surface area contributed by atoms with Gasteiger partial charge in [0.25, 0.3) is 0 Å². The van der Waals surface area contributed by atoms with E-state index in [9.17, 15) is 19.1 Å². The third kappa shape index (κ3) is 6.27. The number of amides is 2. The number of halogens is 1. The predicted molar refractivity (Wildman–Crippen MR) is 91.5 cm³/mol. The minimum atomic E-state index is -1.04. The van der Waals surface area contributed by atoms with E-state index in [1.165, 1.54) is 24.3 Å². The van der Waals surface area contributed by atoms with E-state index in [1.807, 2.05) is 13.8 Å². The summed E-state index contributed by atoms with van der Waals surface area (Å²) >= 11 is 0. The summed E-state index contributed by atoms with van der Waals surface area (Å²) in [6.45, 7) is 4.20. The monoisotopic (exact) mass is 368 g/mol. The molecule has 0 radical (unpaired) electrons. The second kappa shape index (κ2) is 9.49. The normalized spacial score (nSPS) is 20.7. The first-order valence-corrected chi connectivity index (χ1v) is 8.63. The van der Waals surface area contributed by atoms with Crippen LogP contribution in [0.2, 0.25) is 0 Å². The minimum Gasteiger partial charge on any atom is -0.445 e. The molecule has 1 aromatic carbocycles. The van der Waals surface area contributed by atoms with Gasteiger partial charge in [0.1, 0.15) is 18.5 Å². The molecule has 0 bridgehead atoms. The number of aliphatic hydroxyl groups is 1. The van der Waals surface area contributed by atoms with Gasteiger partial charge in [0.05, 0.1) is 12.6 Å². The Kier molecular flexibility index (Phi) is 7.35. The lowest BCUT2D eigenvalue weighted by Crippen LogP contribution is -2.51. The maximum absolute atomic E-state index is 12.9. The average Bonchev–Trinajstić information content (AvgIpc) is 2.98. The summed E-state index contributed by atoms with van der Waals surface area (Å²) in [7, 11) is 0. The average molecular weight is 368 g/mol. The van der Waals surface area contributed by atoms with Crippen molar-refractivity contribution < 1.29 is 28.6 Å². The molecule has 8 heteroatoms. The molecule has 2 rings (SSSR count). The molecule has 3 atom stereocenters. The molecular weight excluding hydrogens is 343 g/mol. The van der Waals surface area contributed by atoms with Crippen LogP contribution in [0, 0.1) is 11.7 Å². The summed E-state index contributed by atoms with van der Waals surface area (Å²) in [5, 5.41) is 14.9. The van der Waals surface area contributed by atoms with E-state index in [0.717, 1.165) is 0 Å². The highest BCUT2D eigenvalue weighted by atomic mass is 19.1. The van der Waals surface area contributed by atoms with Gasteiger partial charge in [0, 0.05) is 0 Å². The number of benzene rings is 1. The Labute approximate surface area is 151 Å². The first-order chi connectivity index (χ1) is 12.3. The second-order valence-electron chi connectivity index (χ2n) is 6.69. The topological polar surface area (TPSA) is 96.9 Å². The van der Waals surface area contributed by atoms with Gasteiger partial charge in [-0.3, -0.25) is 4.79 Å². The molecule has 2 amide bonds. The molecule has 0 aromatic heterocycles. The molecule has 1 aromatic rings. The van der Waals surface area contributed by atoms with Gasteiger partial charge in [-0.2, -0.15) is 0 Å². The van der Waals surface area contributed by atoms with Crippen LogP contribution in [-0.2, 0) is 20.9 Å². The van der Waals surface area contributed by atoms with Crippen LogP contribution in [0.1, 0.15) is 32.3 Å². The lowest BCUT2D eigenvalue weighted by atomic mass is 10.0. The molecule has 3 N–H and O–H groups in total. The maximum Gasteiger partial charge on any atom is 0.408 e. The fourth-order valence-electron chi connectivity index (χ4n) is 2.62. The highest BCUT2D eigenvalue weighted by Gasteiger charge is 2.31. The molecule has 2 unspecified atom stereocenters. The Morgan fingerprint density at radius 2 is 2.04 bits per heavy atom. The van der Waals surface area contributed by atoms with E-state index >= 15 is 0 Å². The summed E-state index contributed by atoms with van der Waals surface area (Å²) in [6.07, 6.45) is -0.847. The standard InChI is InChI=1S/C18H25FN2O5/c1-11(2)9-15(16(22)20-14-7-8-25-17(14)23)21-18(24)26-10-12-3-5-13(19)6-4-12/h3-6,11,14-15,17,23H,7-10H2,1-2H3,(H,20,22)(H,21,24)/t14-,15?,17?/m0/s1. The molecule has 1 saturated heterocycles. The van der Waals surface area contributed by atoms with Gasteiger partial charge < -0.3 is 25.2 Å². The van der Waals surface area contributed by atoms with E-state index in [-0.39, 0.29) is 18.3 Å². The maximum atomic E-state index is 12.9. The van der Waals surface area contributed by atoms with Gasteiger partial charge in [-0.05, 0) is 36.5 Å². The third-order valence-corrected chi connectivity index (χ3v) is 3.99. The van der Waals surface area contributed by atoms with Crippen LogP contribution < -0.4 is 10.6 Å². The molecule has 26 heavy (non-hydrogen) atoms. The highest BCUT2D eigenvalue weighted by molar-refractivity contribution is 5.85. The first-order valence-electron chi connectivity index (χ1n) is 8.63. The van der Waals surface area contributed by atoms with Crippen molar-refractivity contribution in [3.63, 3.8) is 0 Å². The van der Waals surface area contributed by atoms with Crippen LogP contribution in [0.5, 0.6) is 0 Å². The molecule has 1 aliphatic heterocycles. The van der Waals surface area contributed by atoms with Crippen molar-refractivity contribution in [2.45, 2.75) is 51.7 Å². The van der Waals surface area contributed by atoms with Crippen molar-refractivity contribution in [3.05, 3.63) is 35.6 Å². The minimum absolute atomic E-state index is 0.0304. The van der Waals surface area contributed by atoms with Crippen molar-refractivity contribution in [2.24, 2.45) is 5.92 Å². The number of carbonyl (C=O) groups excluding carboxylic acids is 2. The Morgan fingerprint density at radius 3 is 2.62 bits per heavy atom. The Hall–Kier alpha value is -2.19. The van der Waals surface area contributed by atoms with Crippen molar-refractivity contribution in [1.82, 2.24) is 10.6 Å². The number of rotatable bonds is 7. The number of hydrogen-bond acceptors (Lipinski definition) is 5.